The van der Waals surface area contributed by atoms with E-state index in [0.717, 1.165) is 11.1 Å². The average molecular weight is 402 g/mol. The van der Waals surface area contributed by atoms with Crippen molar-refractivity contribution in [2.75, 3.05) is 12.4 Å². The zero-order valence-corrected chi connectivity index (χ0v) is 14.6. The SMILES string of the molecule is COc1cc2c(cc1Nc1ncnc3[nH]c(C(=O)O)c(Br)c13)C=NC2. The van der Waals surface area contributed by atoms with Crippen LogP contribution in [-0.2, 0) is 6.54 Å². The number of hydrogen-bond donors (Lipinski definition) is 3. The van der Waals surface area contributed by atoms with Gasteiger partial charge in [0.2, 0.25) is 0 Å². The molecule has 1 aliphatic heterocycles. The molecule has 25 heavy (non-hydrogen) atoms. The molecule has 3 aromatic rings. The van der Waals surface area contributed by atoms with Crippen LogP contribution in [0.4, 0.5) is 11.5 Å². The number of aromatic carboxylic acids is 1. The van der Waals surface area contributed by atoms with Gasteiger partial charge in [0.15, 0.2) is 0 Å². The average Bonchev–Trinajstić information content (AvgIpc) is 3.18. The number of aromatic amines is 1. The summed E-state index contributed by atoms with van der Waals surface area (Å²) in [6.07, 6.45) is 3.17. The number of halogens is 1. The number of methoxy groups -OCH3 is 1. The number of carboxylic acid groups (broad SMARTS) is 1. The molecule has 0 saturated heterocycles. The summed E-state index contributed by atoms with van der Waals surface area (Å²) in [5, 5.41) is 13.0. The number of aromatic nitrogens is 3. The van der Waals surface area contributed by atoms with Crippen molar-refractivity contribution in [1.82, 2.24) is 15.0 Å². The van der Waals surface area contributed by atoms with Crippen molar-refractivity contribution in [2.45, 2.75) is 6.54 Å². The third-order valence-electron chi connectivity index (χ3n) is 3.95. The maximum Gasteiger partial charge on any atom is 0.353 e. The van der Waals surface area contributed by atoms with Gasteiger partial charge in [-0.15, -0.1) is 0 Å². The lowest BCUT2D eigenvalue weighted by Gasteiger charge is -2.13. The quantitative estimate of drug-likeness (QED) is 0.618. The molecule has 0 saturated carbocycles. The van der Waals surface area contributed by atoms with Gasteiger partial charge in [-0.05, 0) is 39.2 Å². The Balaban J connectivity index is 1.84. The number of H-pyrrole nitrogens is 1. The second-order valence-electron chi connectivity index (χ2n) is 5.41. The Hall–Kier alpha value is -2.94. The molecule has 0 spiro atoms. The lowest BCUT2D eigenvalue weighted by molar-refractivity contribution is 0.0690. The van der Waals surface area contributed by atoms with E-state index in [2.05, 4.69) is 41.2 Å². The van der Waals surface area contributed by atoms with E-state index < -0.39 is 5.97 Å². The van der Waals surface area contributed by atoms with Gasteiger partial charge in [0.25, 0.3) is 0 Å². The van der Waals surface area contributed by atoms with Crippen molar-refractivity contribution in [3.8, 4) is 5.75 Å². The number of carbonyl (C=O) groups is 1. The number of fused-ring (bicyclic) bond motifs is 2. The third kappa shape index (κ3) is 2.52. The first-order valence-corrected chi connectivity index (χ1v) is 8.11. The molecule has 0 radical (unpaired) electrons. The van der Waals surface area contributed by atoms with Crippen molar-refractivity contribution in [3.05, 3.63) is 39.8 Å². The van der Waals surface area contributed by atoms with Crippen LogP contribution in [0.25, 0.3) is 11.0 Å². The van der Waals surface area contributed by atoms with E-state index in [9.17, 15) is 9.90 Å². The van der Waals surface area contributed by atoms with E-state index in [1.165, 1.54) is 6.33 Å². The molecule has 3 N–H and O–H groups in total. The van der Waals surface area contributed by atoms with Gasteiger partial charge in [-0.1, -0.05) is 0 Å². The number of hydrogen-bond acceptors (Lipinski definition) is 6. The number of nitrogens with one attached hydrogen (secondary N) is 2. The summed E-state index contributed by atoms with van der Waals surface area (Å²) >= 11 is 3.32. The normalized spacial score (nSPS) is 12.4. The third-order valence-corrected chi connectivity index (χ3v) is 4.74. The van der Waals surface area contributed by atoms with Gasteiger partial charge in [-0.2, -0.15) is 0 Å². The second-order valence-corrected chi connectivity index (χ2v) is 6.20. The maximum absolute atomic E-state index is 11.3. The predicted molar refractivity (Wildman–Crippen MR) is 96.1 cm³/mol. The van der Waals surface area contributed by atoms with Crippen molar-refractivity contribution < 1.29 is 14.6 Å². The fourth-order valence-electron chi connectivity index (χ4n) is 2.76. The first-order chi connectivity index (χ1) is 12.1. The minimum atomic E-state index is -1.08. The molecular weight excluding hydrogens is 390 g/mol. The number of anilines is 2. The van der Waals surface area contributed by atoms with Gasteiger partial charge in [0.05, 0.1) is 29.2 Å². The molecule has 1 aromatic carbocycles. The minimum absolute atomic E-state index is 0.0200. The Kier molecular flexibility index (Phi) is 3.65. The summed E-state index contributed by atoms with van der Waals surface area (Å²) in [5.74, 6) is 0.0390. The summed E-state index contributed by atoms with van der Waals surface area (Å²) in [4.78, 5) is 26.7. The molecule has 0 atom stereocenters. The zero-order chi connectivity index (χ0) is 17.6. The molecule has 9 heteroatoms. The maximum atomic E-state index is 11.3. The predicted octanol–water partition coefficient (Wildman–Crippen LogP) is 3.10. The highest BCUT2D eigenvalue weighted by Crippen LogP contribution is 2.36. The number of aliphatic imine (C=N–C) groups is 1. The lowest BCUT2D eigenvalue weighted by Crippen LogP contribution is -2.00. The van der Waals surface area contributed by atoms with E-state index in [4.69, 9.17) is 4.74 Å². The number of carboxylic acids is 1. The Morgan fingerprint density at radius 3 is 3.00 bits per heavy atom. The highest BCUT2D eigenvalue weighted by Gasteiger charge is 2.20. The van der Waals surface area contributed by atoms with E-state index in [0.29, 0.717) is 39.3 Å². The minimum Gasteiger partial charge on any atom is -0.495 e. The molecule has 126 valence electrons. The fraction of sp³-hybridized carbons (Fsp3) is 0.125. The molecule has 0 amide bonds. The molecule has 1 aliphatic rings. The topological polar surface area (TPSA) is 112 Å². The molecule has 2 aromatic heterocycles. The van der Waals surface area contributed by atoms with Gasteiger partial charge < -0.3 is 20.1 Å². The van der Waals surface area contributed by atoms with Crippen molar-refractivity contribution >= 4 is 50.7 Å². The largest absolute Gasteiger partial charge is 0.495 e. The second kappa shape index (κ2) is 5.85. The smallest absolute Gasteiger partial charge is 0.353 e. The van der Waals surface area contributed by atoms with Crippen LogP contribution in [0.15, 0.2) is 27.9 Å². The van der Waals surface area contributed by atoms with E-state index in [1.54, 1.807) is 7.11 Å². The van der Waals surface area contributed by atoms with Crippen molar-refractivity contribution in [2.24, 2.45) is 4.99 Å². The number of benzene rings is 1. The first-order valence-electron chi connectivity index (χ1n) is 7.31. The van der Waals surface area contributed by atoms with Gasteiger partial charge in [-0.3, -0.25) is 4.99 Å². The molecule has 4 rings (SSSR count). The molecular formula is C16H12BrN5O3. The zero-order valence-electron chi connectivity index (χ0n) is 13.0. The van der Waals surface area contributed by atoms with Crippen LogP contribution in [0.1, 0.15) is 21.6 Å². The summed E-state index contributed by atoms with van der Waals surface area (Å²) < 4.78 is 5.84. The van der Waals surface area contributed by atoms with E-state index in [-0.39, 0.29) is 5.69 Å². The highest BCUT2D eigenvalue weighted by molar-refractivity contribution is 9.10. The standard InChI is InChI=1S/C16H12BrN5O3/c1-25-10-3-8-5-18-4-7(8)2-9(10)21-14-11-12(17)13(16(23)24)22-15(11)20-6-19-14/h2-4,6H,5H2,1H3,(H,23,24)(H2,19,20,21,22). The van der Waals surface area contributed by atoms with Crippen LogP contribution < -0.4 is 10.1 Å². The van der Waals surface area contributed by atoms with Crippen LogP contribution in [0.2, 0.25) is 0 Å². The summed E-state index contributed by atoms with van der Waals surface area (Å²) in [6.45, 7) is 0.634. The van der Waals surface area contributed by atoms with Crippen molar-refractivity contribution in [1.29, 1.82) is 0 Å². The van der Waals surface area contributed by atoms with Gasteiger partial charge in [0.1, 0.15) is 29.2 Å². The Bertz CT molecular complexity index is 1040. The summed E-state index contributed by atoms with van der Waals surface area (Å²) in [6, 6.07) is 3.86. The Morgan fingerprint density at radius 1 is 1.40 bits per heavy atom. The Labute approximate surface area is 150 Å². The molecule has 3 heterocycles. The molecule has 0 bridgehead atoms. The fourth-order valence-corrected chi connectivity index (χ4v) is 3.41. The number of nitrogens with zero attached hydrogens (tertiary/aromatic N) is 3. The summed E-state index contributed by atoms with van der Waals surface area (Å²) in [5.41, 5.74) is 3.24. The van der Waals surface area contributed by atoms with E-state index in [1.807, 2.05) is 18.3 Å². The summed E-state index contributed by atoms with van der Waals surface area (Å²) in [7, 11) is 1.59. The van der Waals surface area contributed by atoms with Crippen LogP contribution in [0.5, 0.6) is 5.75 Å². The number of rotatable bonds is 4. The molecule has 0 unspecified atom stereocenters. The van der Waals surface area contributed by atoms with Crippen LogP contribution in [0.3, 0.4) is 0 Å². The lowest BCUT2D eigenvalue weighted by atomic mass is 10.1. The van der Waals surface area contributed by atoms with Crippen LogP contribution in [-0.4, -0.2) is 39.4 Å². The van der Waals surface area contributed by atoms with Crippen LogP contribution in [0, 0.1) is 0 Å². The van der Waals surface area contributed by atoms with Crippen LogP contribution >= 0.6 is 15.9 Å². The van der Waals surface area contributed by atoms with E-state index >= 15 is 0 Å². The van der Waals surface area contributed by atoms with Gasteiger partial charge >= 0.3 is 5.97 Å². The van der Waals surface area contributed by atoms with Gasteiger partial charge in [-0.25, -0.2) is 14.8 Å². The number of ether oxygens (including phenoxy) is 1. The monoisotopic (exact) mass is 401 g/mol. The molecule has 0 aliphatic carbocycles. The molecule has 0 fully saturated rings. The Morgan fingerprint density at radius 2 is 2.24 bits per heavy atom. The van der Waals surface area contributed by atoms with Crippen molar-refractivity contribution in [3.63, 3.8) is 0 Å². The highest BCUT2D eigenvalue weighted by atomic mass is 79.9. The molecule has 8 nitrogen and oxygen atoms in total. The van der Waals surface area contributed by atoms with Gasteiger partial charge in [0, 0.05) is 6.21 Å². The first kappa shape index (κ1) is 15.6.